The number of urea groups is 1. The Balaban J connectivity index is 1.38. The van der Waals surface area contributed by atoms with Crippen molar-refractivity contribution in [3.8, 4) is 11.1 Å². The van der Waals surface area contributed by atoms with Crippen molar-refractivity contribution in [2.24, 2.45) is 11.7 Å². The second-order valence-electron chi connectivity index (χ2n) is 14.9. The summed E-state index contributed by atoms with van der Waals surface area (Å²) in [6, 6.07) is 20.9. The molecule has 3 aromatic carbocycles. The Morgan fingerprint density at radius 1 is 0.843 bits per heavy atom. The number of hydrogen-bond donors (Lipinski definition) is 5. The van der Waals surface area contributed by atoms with Crippen LogP contribution in [0, 0.1) is 5.92 Å². The first-order valence-corrected chi connectivity index (χ1v) is 20.5. The number of primary amides is 1. The van der Waals surface area contributed by atoms with E-state index in [0.29, 0.717) is 18.7 Å². The number of ether oxygens (including phenoxy) is 1. The number of fused-ring (bicyclic) bond motifs is 3. The SMILES string of the molecule is CC(C)C(NC(=O)OCC1c2ccccc2-c2ccccc21)C(=O)NC(CCCNC(N)=O)C(=O)Nc1ccc(CO[Si](C)(C)C(C)(C)C)cc1. The predicted molar refractivity (Wildman–Crippen MR) is 203 cm³/mol. The molecule has 0 heterocycles. The highest BCUT2D eigenvalue weighted by atomic mass is 28.4. The summed E-state index contributed by atoms with van der Waals surface area (Å²) in [5.74, 6) is -1.40. The number of anilines is 1. The number of nitrogens with two attached hydrogens (primary N) is 1. The molecule has 5 amide bonds. The maximum absolute atomic E-state index is 13.6. The molecule has 0 aliphatic heterocycles. The molecule has 0 aromatic heterocycles. The molecule has 0 saturated carbocycles. The second-order valence-corrected chi connectivity index (χ2v) is 19.7. The van der Waals surface area contributed by atoms with Crippen LogP contribution in [-0.2, 0) is 25.4 Å². The lowest BCUT2D eigenvalue weighted by Gasteiger charge is -2.36. The molecule has 0 bridgehead atoms. The molecule has 12 heteroatoms. The summed E-state index contributed by atoms with van der Waals surface area (Å²) < 4.78 is 12.0. The number of carbonyl (C=O) groups excluding carboxylic acids is 4. The third-order valence-electron chi connectivity index (χ3n) is 9.80. The molecule has 274 valence electrons. The Labute approximate surface area is 302 Å². The molecule has 0 spiro atoms. The van der Waals surface area contributed by atoms with E-state index in [1.165, 1.54) is 0 Å². The van der Waals surface area contributed by atoms with Crippen LogP contribution in [0.25, 0.3) is 11.1 Å². The largest absolute Gasteiger partial charge is 0.449 e. The summed E-state index contributed by atoms with van der Waals surface area (Å²) in [6.07, 6.45) is -0.140. The van der Waals surface area contributed by atoms with Crippen LogP contribution in [-0.4, -0.2) is 57.5 Å². The molecule has 1 aliphatic rings. The first kappa shape index (κ1) is 39.1. The second kappa shape index (κ2) is 17.0. The van der Waals surface area contributed by atoms with Crippen molar-refractivity contribution in [1.82, 2.24) is 16.0 Å². The Morgan fingerprint density at radius 3 is 1.98 bits per heavy atom. The van der Waals surface area contributed by atoms with Crippen LogP contribution in [0.1, 0.15) is 70.1 Å². The van der Waals surface area contributed by atoms with Gasteiger partial charge in [-0.15, -0.1) is 0 Å². The summed E-state index contributed by atoms with van der Waals surface area (Å²) in [7, 11) is -1.92. The Hall–Kier alpha value is -4.68. The Kier molecular flexibility index (Phi) is 13.1. The molecule has 1 aliphatic carbocycles. The van der Waals surface area contributed by atoms with Gasteiger partial charge in [-0.05, 0) is 76.8 Å². The number of amides is 5. The summed E-state index contributed by atoms with van der Waals surface area (Å²) in [5, 5.41) is 11.0. The average Bonchev–Trinajstić information content (AvgIpc) is 3.39. The molecule has 0 saturated heterocycles. The molecule has 2 atom stereocenters. The van der Waals surface area contributed by atoms with Crippen LogP contribution in [0.3, 0.4) is 0 Å². The van der Waals surface area contributed by atoms with Crippen molar-refractivity contribution in [3.63, 3.8) is 0 Å². The molecule has 0 fully saturated rings. The van der Waals surface area contributed by atoms with Crippen LogP contribution in [0.5, 0.6) is 0 Å². The maximum Gasteiger partial charge on any atom is 0.407 e. The molecule has 51 heavy (non-hydrogen) atoms. The first-order chi connectivity index (χ1) is 24.1. The highest BCUT2D eigenvalue weighted by molar-refractivity contribution is 6.74. The summed E-state index contributed by atoms with van der Waals surface area (Å²) in [5.41, 5.74) is 11.1. The zero-order chi connectivity index (χ0) is 37.3. The van der Waals surface area contributed by atoms with Gasteiger partial charge in [-0.2, -0.15) is 0 Å². The minimum atomic E-state index is -1.92. The van der Waals surface area contributed by atoms with Crippen LogP contribution in [0.2, 0.25) is 18.1 Å². The normalized spacial score (nSPS) is 13.8. The van der Waals surface area contributed by atoms with Crippen molar-refractivity contribution in [2.75, 3.05) is 18.5 Å². The van der Waals surface area contributed by atoms with E-state index in [4.69, 9.17) is 14.9 Å². The average molecular weight is 716 g/mol. The zero-order valence-electron chi connectivity index (χ0n) is 30.8. The fraction of sp³-hybridized carbons (Fsp3) is 0.436. The lowest BCUT2D eigenvalue weighted by atomic mass is 9.98. The van der Waals surface area contributed by atoms with Crippen molar-refractivity contribution < 1.29 is 28.3 Å². The van der Waals surface area contributed by atoms with Crippen molar-refractivity contribution in [3.05, 3.63) is 89.5 Å². The van der Waals surface area contributed by atoms with Crippen molar-refractivity contribution >= 4 is 37.9 Å². The Bertz CT molecular complexity index is 1640. The van der Waals surface area contributed by atoms with Gasteiger partial charge in [-0.1, -0.05) is 95.3 Å². The fourth-order valence-corrected chi connectivity index (χ4v) is 6.70. The topological polar surface area (TPSA) is 161 Å². The van der Waals surface area contributed by atoms with Gasteiger partial charge in [0.2, 0.25) is 11.8 Å². The van der Waals surface area contributed by atoms with E-state index >= 15 is 0 Å². The van der Waals surface area contributed by atoms with E-state index in [9.17, 15) is 19.2 Å². The molecule has 0 radical (unpaired) electrons. The van der Waals surface area contributed by atoms with Crippen LogP contribution in [0.15, 0.2) is 72.8 Å². The van der Waals surface area contributed by atoms with Gasteiger partial charge in [0.15, 0.2) is 8.32 Å². The van der Waals surface area contributed by atoms with Crippen LogP contribution >= 0.6 is 0 Å². The standard InChI is InChI=1S/C39H53N5O6Si/c1-25(2)34(44-38(48)49-24-32-30-15-10-8-13-28(30)29-14-9-11-16-31(29)32)36(46)43-33(17-12-22-41-37(40)47)35(45)42-27-20-18-26(19-21-27)23-50-51(6,7)39(3,4)5/h8-11,13-16,18-21,25,32-34H,12,17,22-24H2,1-7H3,(H,42,45)(H,43,46)(H,44,48)(H3,40,41,47). The maximum atomic E-state index is 13.6. The summed E-state index contributed by atoms with van der Waals surface area (Å²) in [4.78, 5) is 51.5. The lowest BCUT2D eigenvalue weighted by molar-refractivity contribution is -0.128. The smallest absolute Gasteiger partial charge is 0.407 e. The van der Waals surface area contributed by atoms with Gasteiger partial charge in [0.25, 0.3) is 0 Å². The van der Waals surface area contributed by atoms with Gasteiger partial charge >= 0.3 is 12.1 Å². The third kappa shape index (κ3) is 10.4. The number of alkyl carbamates (subject to hydrolysis) is 1. The third-order valence-corrected chi connectivity index (χ3v) is 14.3. The van der Waals surface area contributed by atoms with Crippen LogP contribution < -0.4 is 27.0 Å². The zero-order valence-corrected chi connectivity index (χ0v) is 31.8. The highest BCUT2D eigenvalue weighted by Crippen LogP contribution is 2.44. The van der Waals surface area contributed by atoms with Gasteiger partial charge in [0.1, 0.15) is 18.7 Å². The lowest BCUT2D eigenvalue weighted by Crippen LogP contribution is -2.54. The van der Waals surface area contributed by atoms with Crippen molar-refractivity contribution in [1.29, 1.82) is 0 Å². The van der Waals surface area contributed by atoms with Gasteiger partial charge in [-0.25, -0.2) is 9.59 Å². The highest BCUT2D eigenvalue weighted by Gasteiger charge is 2.37. The molecular weight excluding hydrogens is 663 g/mol. The summed E-state index contributed by atoms with van der Waals surface area (Å²) in [6.45, 7) is 15.4. The van der Waals surface area contributed by atoms with E-state index in [1.807, 2.05) is 48.5 Å². The fourth-order valence-electron chi connectivity index (χ4n) is 5.74. The quantitative estimate of drug-likeness (QED) is 0.0876. The summed E-state index contributed by atoms with van der Waals surface area (Å²) >= 11 is 0. The minimum Gasteiger partial charge on any atom is -0.449 e. The van der Waals surface area contributed by atoms with E-state index in [-0.39, 0.29) is 36.4 Å². The van der Waals surface area contributed by atoms with Gasteiger partial charge < -0.3 is 36.2 Å². The number of benzene rings is 3. The van der Waals surface area contributed by atoms with E-state index in [1.54, 1.807) is 26.0 Å². The van der Waals surface area contributed by atoms with Gasteiger partial charge in [-0.3, -0.25) is 9.59 Å². The number of hydrogen-bond acceptors (Lipinski definition) is 6. The van der Waals surface area contributed by atoms with E-state index in [2.05, 4.69) is 67.3 Å². The predicted octanol–water partition coefficient (Wildman–Crippen LogP) is 6.64. The van der Waals surface area contributed by atoms with E-state index in [0.717, 1.165) is 27.8 Å². The van der Waals surface area contributed by atoms with Crippen LogP contribution in [0.4, 0.5) is 15.3 Å². The molecule has 6 N–H and O–H groups in total. The number of rotatable bonds is 15. The molecule has 4 rings (SSSR count). The molecular formula is C39H53N5O6Si. The Morgan fingerprint density at radius 2 is 1.43 bits per heavy atom. The molecule has 11 nitrogen and oxygen atoms in total. The van der Waals surface area contributed by atoms with Gasteiger partial charge in [0, 0.05) is 18.2 Å². The number of nitrogens with one attached hydrogen (secondary N) is 4. The minimum absolute atomic E-state index is 0.0903. The first-order valence-electron chi connectivity index (χ1n) is 17.6. The van der Waals surface area contributed by atoms with E-state index < -0.39 is 44.3 Å². The van der Waals surface area contributed by atoms with Crippen molar-refractivity contribution in [2.45, 2.75) is 90.2 Å². The number of carbonyl (C=O) groups is 4. The molecule has 2 unspecified atom stereocenters. The monoisotopic (exact) mass is 715 g/mol. The van der Waals surface area contributed by atoms with Gasteiger partial charge in [0.05, 0.1) is 6.61 Å². The molecule has 3 aromatic rings.